The fraction of sp³-hybridized carbons (Fsp3) is 0.857. The smallest absolute Gasteiger partial charge is 0.450 e. The summed E-state index contributed by atoms with van der Waals surface area (Å²) >= 11 is 0. The molecule has 5 nitrogen and oxygen atoms in total. The molecule has 0 saturated carbocycles. The Kier molecular flexibility index (Phi) is 3.31. The maximum absolute atomic E-state index is 10.1. The van der Waals surface area contributed by atoms with Crippen molar-refractivity contribution < 1.29 is 19.7 Å². The van der Waals surface area contributed by atoms with Gasteiger partial charge in [0.2, 0.25) is 0 Å². The summed E-state index contributed by atoms with van der Waals surface area (Å²) in [4.78, 5) is 12.1. The van der Waals surface area contributed by atoms with Crippen LogP contribution in [0.15, 0.2) is 0 Å². The molecular weight excluding hydrogens is 162 g/mol. The van der Waals surface area contributed by atoms with E-state index < -0.39 is 6.16 Å². The van der Waals surface area contributed by atoms with Crippen LogP contribution in [0.25, 0.3) is 0 Å². The lowest BCUT2D eigenvalue weighted by molar-refractivity contribution is 0.0544. The van der Waals surface area contributed by atoms with E-state index in [4.69, 9.17) is 10.2 Å². The summed E-state index contributed by atoms with van der Waals surface area (Å²) in [6, 6.07) is 0. The molecule has 1 unspecified atom stereocenters. The van der Waals surface area contributed by atoms with E-state index in [0.717, 1.165) is 13.0 Å². The van der Waals surface area contributed by atoms with Crippen LogP contribution in [0.2, 0.25) is 0 Å². The van der Waals surface area contributed by atoms with E-state index in [1.807, 2.05) is 4.90 Å². The summed E-state index contributed by atoms with van der Waals surface area (Å²) in [5.41, 5.74) is 0. The molecule has 0 spiro atoms. The SMILES string of the molecule is O=C(O)OC1CCN(CCO)C1. The summed E-state index contributed by atoms with van der Waals surface area (Å²) in [7, 11) is 0. The molecule has 1 aliphatic rings. The average Bonchev–Trinajstić information content (AvgIpc) is 2.36. The number of hydrogen-bond acceptors (Lipinski definition) is 4. The Balaban J connectivity index is 2.21. The molecule has 2 N–H and O–H groups in total. The van der Waals surface area contributed by atoms with E-state index in [0.29, 0.717) is 13.1 Å². The van der Waals surface area contributed by atoms with E-state index in [-0.39, 0.29) is 12.7 Å². The average molecular weight is 175 g/mol. The number of β-amino-alcohol motifs (C(OH)–C–C–N with tert-alkyl or cyclic N) is 1. The zero-order chi connectivity index (χ0) is 8.97. The molecule has 0 aromatic heterocycles. The lowest BCUT2D eigenvalue weighted by Crippen LogP contribution is -2.27. The van der Waals surface area contributed by atoms with Crippen LogP contribution in [0.1, 0.15) is 6.42 Å². The van der Waals surface area contributed by atoms with Crippen molar-refractivity contribution in [2.45, 2.75) is 12.5 Å². The number of carboxylic acid groups (broad SMARTS) is 1. The second kappa shape index (κ2) is 4.27. The summed E-state index contributed by atoms with van der Waals surface area (Å²) in [5.74, 6) is 0. The van der Waals surface area contributed by atoms with Gasteiger partial charge in [-0.3, -0.25) is 4.90 Å². The van der Waals surface area contributed by atoms with Gasteiger partial charge in [0.05, 0.1) is 6.61 Å². The van der Waals surface area contributed by atoms with Crippen LogP contribution in [0.3, 0.4) is 0 Å². The largest absolute Gasteiger partial charge is 0.506 e. The lowest BCUT2D eigenvalue weighted by Gasteiger charge is -2.13. The predicted molar refractivity (Wildman–Crippen MR) is 41.0 cm³/mol. The summed E-state index contributed by atoms with van der Waals surface area (Å²) in [6.07, 6.45) is -0.702. The van der Waals surface area contributed by atoms with Gasteiger partial charge in [0.15, 0.2) is 0 Å². The van der Waals surface area contributed by atoms with Crippen molar-refractivity contribution in [3.63, 3.8) is 0 Å². The van der Waals surface area contributed by atoms with Gasteiger partial charge >= 0.3 is 6.16 Å². The molecule has 1 fully saturated rings. The topological polar surface area (TPSA) is 70.0 Å². The molecule has 0 bridgehead atoms. The molecule has 1 aliphatic heterocycles. The first-order valence-electron chi connectivity index (χ1n) is 3.95. The molecule has 1 atom stereocenters. The first-order chi connectivity index (χ1) is 5.72. The third-order valence-electron chi connectivity index (χ3n) is 1.91. The van der Waals surface area contributed by atoms with Crippen molar-refractivity contribution >= 4 is 6.16 Å². The third kappa shape index (κ3) is 2.67. The molecule has 0 radical (unpaired) electrons. The van der Waals surface area contributed by atoms with Crippen LogP contribution < -0.4 is 0 Å². The minimum absolute atomic E-state index is 0.111. The normalized spacial score (nSPS) is 24.2. The number of likely N-dealkylation sites (tertiary alicyclic amines) is 1. The zero-order valence-electron chi connectivity index (χ0n) is 6.77. The van der Waals surface area contributed by atoms with Crippen LogP contribution in [0, 0.1) is 0 Å². The van der Waals surface area contributed by atoms with Gasteiger partial charge in [-0.05, 0) is 6.42 Å². The minimum Gasteiger partial charge on any atom is -0.450 e. The van der Waals surface area contributed by atoms with Crippen LogP contribution in [0.5, 0.6) is 0 Å². The highest BCUT2D eigenvalue weighted by molar-refractivity contribution is 5.57. The maximum atomic E-state index is 10.1. The molecule has 70 valence electrons. The Morgan fingerprint density at radius 2 is 2.42 bits per heavy atom. The molecule has 5 heteroatoms. The number of aliphatic hydroxyl groups excluding tert-OH is 1. The van der Waals surface area contributed by atoms with Gasteiger partial charge in [0.1, 0.15) is 6.10 Å². The van der Waals surface area contributed by atoms with Crippen LogP contribution >= 0.6 is 0 Å². The molecule has 0 amide bonds. The molecule has 1 saturated heterocycles. The summed E-state index contributed by atoms with van der Waals surface area (Å²) < 4.78 is 4.58. The minimum atomic E-state index is -1.22. The maximum Gasteiger partial charge on any atom is 0.506 e. The van der Waals surface area contributed by atoms with Gasteiger partial charge < -0.3 is 14.9 Å². The number of nitrogens with zero attached hydrogens (tertiary/aromatic N) is 1. The summed E-state index contributed by atoms with van der Waals surface area (Å²) in [5, 5.41) is 16.9. The van der Waals surface area contributed by atoms with E-state index >= 15 is 0 Å². The van der Waals surface area contributed by atoms with E-state index in [1.54, 1.807) is 0 Å². The second-order valence-corrected chi connectivity index (χ2v) is 2.82. The highest BCUT2D eigenvalue weighted by Crippen LogP contribution is 2.11. The Labute approximate surface area is 70.5 Å². The Morgan fingerprint density at radius 1 is 1.67 bits per heavy atom. The Hall–Kier alpha value is -0.810. The number of rotatable bonds is 3. The van der Waals surface area contributed by atoms with Gasteiger partial charge in [-0.25, -0.2) is 4.79 Å². The van der Waals surface area contributed by atoms with Gasteiger partial charge in [-0.15, -0.1) is 0 Å². The van der Waals surface area contributed by atoms with Crippen molar-refractivity contribution in [3.05, 3.63) is 0 Å². The van der Waals surface area contributed by atoms with Crippen LogP contribution in [-0.2, 0) is 4.74 Å². The molecule has 1 rings (SSSR count). The van der Waals surface area contributed by atoms with E-state index in [1.165, 1.54) is 0 Å². The van der Waals surface area contributed by atoms with E-state index in [2.05, 4.69) is 4.74 Å². The number of hydrogen-bond donors (Lipinski definition) is 2. The first kappa shape index (κ1) is 9.28. The monoisotopic (exact) mass is 175 g/mol. The molecule has 0 aromatic rings. The fourth-order valence-corrected chi connectivity index (χ4v) is 1.38. The number of ether oxygens (including phenoxy) is 1. The van der Waals surface area contributed by atoms with Crippen molar-refractivity contribution in [1.82, 2.24) is 4.90 Å². The quantitative estimate of drug-likeness (QED) is 0.579. The molecule has 0 aromatic carbocycles. The Bertz CT molecular complexity index is 161. The van der Waals surface area contributed by atoms with Crippen LogP contribution in [-0.4, -0.2) is 53.6 Å². The van der Waals surface area contributed by atoms with Crippen LogP contribution in [0.4, 0.5) is 4.79 Å². The third-order valence-corrected chi connectivity index (χ3v) is 1.91. The molecule has 1 heterocycles. The number of carbonyl (C=O) groups is 1. The van der Waals surface area contributed by atoms with Crippen molar-refractivity contribution in [2.75, 3.05) is 26.2 Å². The van der Waals surface area contributed by atoms with Crippen molar-refractivity contribution in [1.29, 1.82) is 0 Å². The molecule has 0 aliphatic carbocycles. The van der Waals surface area contributed by atoms with Gasteiger partial charge in [-0.2, -0.15) is 0 Å². The Morgan fingerprint density at radius 3 is 3.00 bits per heavy atom. The number of aliphatic hydroxyl groups is 1. The summed E-state index contributed by atoms with van der Waals surface area (Å²) in [6.45, 7) is 2.12. The highest BCUT2D eigenvalue weighted by atomic mass is 16.7. The van der Waals surface area contributed by atoms with Gasteiger partial charge in [0, 0.05) is 19.6 Å². The first-order valence-corrected chi connectivity index (χ1v) is 3.95. The highest BCUT2D eigenvalue weighted by Gasteiger charge is 2.24. The van der Waals surface area contributed by atoms with Gasteiger partial charge in [-0.1, -0.05) is 0 Å². The van der Waals surface area contributed by atoms with Crippen molar-refractivity contribution in [2.24, 2.45) is 0 Å². The molecule has 12 heavy (non-hydrogen) atoms. The lowest BCUT2D eigenvalue weighted by atomic mass is 10.3. The standard InChI is InChI=1S/C7H13NO4/c9-4-3-8-2-1-6(5-8)12-7(10)11/h6,9H,1-5H2,(H,10,11). The zero-order valence-corrected chi connectivity index (χ0v) is 6.77. The fourth-order valence-electron chi connectivity index (χ4n) is 1.38. The predicted octanol–water partition coefficient (Wildman–Crippen LogP) is -0.252. The van der Waals surface area contributed by atoms with Gasteiger partial charge in [0.25, 0.3) is 0 Å². The van der Waals surface area contributed by atoms with E-state index in [9.17, 15) is 4.79 Å². The van der Waals surface area contributed by atoms with Crippen molar-refractivity contribution in [3.8, 4) is 0 Å². The molecular formula is C7H13NO4. The second-order valence-electron chi connectivity index (χ2n) is 2.82.